The molecule has 25 heavy (non-hydrogen) atoms. The molecule has 1 atom stereocenters. The standard InChI is InChI=1S/C20H22ClN3O/c1-16(18-7-2-3-8-19(18)21)23-12-14-24(15-13-23)20(25)10-9-17-6-4-5-11-22-17/h2-11,16H,12-15H2,1H3/b10-9+. The molecule has 4 nitrogen and oxygen atoms in total. The molecule has 0 aliphatic carbocycles. The molecule has 1 aromatic heterocycles. The number of pyridine rings is 1. The highest BCUT2D eigenvalue weighted by atomic mass is 35.5. The second kappa shape index (κ2) is 8.28. The van der Waals surface area contributed by atoms with Crippen molar-refractivity contribution in [3.05, 3.63) is 71.0 Å². The number of carbonyl (C=O) groups excluding carboxylic acids is 1. The second-order valence-electron chi connectivity index (χ2n) is 6.15. The Morgan fingerprint density at radius 2 is 1.84 bits per heavy atom. The van der Waals surface area contributed by atoms with Crippen LogP contribution >= 0.6 is 11.6 Å². The van der Waals surface area contributed by atoms with Crippen molar-refractivity contribution in [3.8, 4) is 0 Å². The molecule has 0 bridgehead atoms. The minimum atomic E-state index is 0.0377. The first-order valence-corrected chi connectivity index (χ1v) is 8.89. The van der Waals surface area contributed by atoms with Gasteiger partial charge in [-0.05, 0) is 36.8 Å². The van der Waals surface area contributed by atoms with Gasteiger partial charge in [0.15, 0.2) is 0 Å². The highest BCUT2D eigenvalue weighted by Crippen LogP contribution is 2.27. The van der Waals surface area contributed by atoms with Gasteiger partial charge in [-0.25, -0.2) is 0 Å². The highest BCUT2D eigenvalue weighted by Gasteiger charge is 2.24. The molecule has 0 N–H and O–H groups in total. The molecule has 1 fully saturated rings. The average molecular weight is 356 g/mol. The summed E-state index contributed by atoms with van der Waals surface area (Å²) in [6, 6.07) is 13.9. The smallest absolute Gasteiger partial charge is 0.246 e. The Kier molecular flexibility index (Phi) is 5.84. The zero-order valence-corrected chi connectivity index (χ0v) is 15.1. The third kappa shape index (κ3) is 4.47. The van der Waals surface area contributed by atoms with Gasteiger partial charge in [0.1, 0.15) is 0 Å². The van der Waals surface area contributed by atoms with E-state index in [1.54, 1.807) is 18.3 Å². The third-order valence-corrected chi connectivity index (χ3v) is 4.96. The van der Waals surface area contributed by atoms with Gasteiger partial charge in [0.05, 0.1) is 5.69 Å². The molecule has 1 unspecified atom stereocenters. The van der Waals surface area contributed by atoms with Crippen molar-refractivity contribution in [2.24, 2.45) is 0 Å². The molecule has 0 saturated carbocycles. The molecule has 1 saturated heterocycles. The number of nitrogens with zero attached hydrogens (tertiary/aromatic N) is 3. The maximum Gasteiger partial charge on any atom is 0.246 e. The van der Waals surface area contributed by atoms with Crippen LogP contribution in [0.25, 0.3) is 6.08 Å². The molecular weight excluding hydrogens is 334 g/mol. The van der Waals surface area contributed by atoms with Gasteiger partial charge in [0.2, 0.25) is 5.91 Å². The van der Waals surface area contributed by atoms with E-state index in [1.807, 2.05) is 41.3 Å². The largest absolute Gasteiger partial charge is 0.337 e. The van der Waals surface area contributed by atoms with Crippen LogP contribution in [0.4, 0.5) is 0 Å². The van der Waals surface area contributed by atoms with Crippen LogP contribution in [0.5, 0.6) is 0 Å². The summed E-state index contributed by atoms with van der Waals surface area (Å²) in [6.45, 7) is 5.30. The van der Waals surface area contributed by atoms with Gasteiger partial charge >= 0.3 is 0 Å². The Hall–Kier alpha value is -2.17. The summed E-state index contributed by atoms with van der Waals surface area (Å²) in [5.74, 6) is 0.0377. The van der Waals surface area contributed by atoms with E-state index in [0.29, 0.717) is 0 Å². The zero-order valence-electron chi connectivity index (χ0n) is 14.3. The lowest BCUT2D eigenvalue weighted by atomic mass is 10.1. The number of hydrogen-bond acceptors (Lipinski definition) is 3. The molecule has 1 amide bonds. The van der Waals surface area contributed by atoms with E-state index in [2.05, 4.69) is 22.9 Å². The van der Waals surface area contributed by atoms with E-state index >= 15 is 0 Å². The highest BCUT2D eigenvalue weighted by molar-refractivity contribution is 6.31. The van der Waals surface area contributed by atoms with Crippen LogP contribution in [-0.2, 0) is 4.79 Å². The van der Waals surface area contributed by atoms with Gasteiger partial charge in [-0.2, -0.15) is 0 Å². The predicted octanol–water partition coefficient (Wildman–Crippen LogP) is 3.65. The lowest BCUT2D eigenvalue weighted by Crippen LogP contribution is -2.48. The van der Waals surface area contributed by atoms with Crippen molar-refractivity contribution in [3.63, 3.8) is 0 Å². The summed E-state index contributed by atoms with van der Waals surface area (Å²) in [6.07, 6.45) is 5.09. The fourth-order valence-electron chi connectivity index (χ4n) is 3.08. The van der Waals surface area contributed by atoms with Crippen molar-refractivity contribution >= 4 is 23.6 Å². The average Bonchev–Trinajstić information content (AvgIpc) is 2.67. The first-order valence-electron chi connectivity index (χ1n) is 8.51. The maximum atomic E-state index is 12.3. The van der Waals surface area contributed by atoms with Crippen molar-refractivity contribution in [2.45, 2.75) is 13.0 Å². The topological polar surface area (TPSA) is 36.4 Å². The first kappa shape index (κ1) is 17.6. The number of carbonyl (C=O) groups is 1. The molecule has 2 heterocycles. The van der Waals surface area contributed by atoms with E-state index in [1.165, 1.54) is 0 Å². The SMILES string of the molecule is CC(c1ccccc1Cl)N1CCN(C(=O)/C=C/c2ccccn2)CC1. The molecule has 1 aliphatic rings. The summed E-state index contributed by atoms with van der Waals surface area (Å²) >= 11 is 6.31. The maximum absolute atomic E-state index is 12.3. The molecule has 130 valence electrons. The van der Waals surface area contributed by atoms with Gasteiger partial charge in [-0.3, -0.25) is 14.7 Å². The molecule has 2 aromatic rings. The van der Waals surface area contributed by atoms with E-state index in [9.17, 15) is 4.79 Å². The fraction of sp³-hybridized carbons (Fsp3) is 0.300. The minimum Gasteiger partial charge on any atom is -0.337 e. The number of halogens is 1. The molecule has 5 heteroatoms. The number of piperazine rings is 1. The molecule has 0 spiro atoms. The summed E-state index contributed by atoms with van der Waals surface area (Å²) in [5, 5.41) is 0.798. The Bertz CT molecular complexity index is 740. The second-order valence-corrected chi connectivity index (χ2v) is 6.55. The van der Waals surface area contributed by atoms with Crippen LogP contribution in [0.2, 0.25) is 5.02 Å². The summed E-state index contributed by atoms with van der Waals surface area (Å²) in [5.41, 5.74) is 1.93. The van der Waals surface area contributed by atoms with Crippen LogP contribution in [0, 0.1) is 0 Å². The van der Waals surface area contributed by atoms with Crippen molar-refractivity contribution in [1.29, 1.82) is 0 Å². The van der Waals surface area contributed by atoms with E-state index in [4.69, 9.17) is 11.6 Å². The zero-order chi connectivity index (χ0) is 17.6. The summed E-state index contributed by atoms with van der Waals surface area (Å²) < 4.78 is 0. The Labute approximate surface area is 153 Å². The van der Waals surface area contributed by atoms with Crippen molar-refractivity contribution in [2.75, 3.05) is 26.2 Å². The molecule has 1 aliphatic heterocycles. The van der Waals surface area contributed by atoms with Crippen LogP contribution in [0.15, 0.2) is 54.7 Å². The third-order valence-electron chi connectivity index (χ3n) is 4.61. The monoisotopic (exact) mass is 355 g/mol. The summed E-state index contributed by atoms with van der Waals surface area (Å²) in [7, 11) is 0. The van der Waals surface area contributed by atoms with Crippen LogP contribution in [0.3, 0.4) is 0 Å². The summed E-state index contributed by atoms with van der Waals surface area (Å²) in [4.78, 5) is 20.8. The predicted molar refractivity (Wildman–Crippen MR) is 101 cm³/mol. The number of hydrogen-bond donors (Lipinski definition) is 0. The Morgan fingerprint density at radius 3 is 2.52 bits per heavy atom. The Balaban J connectivity index is 1.55. The first-order chi connectivity index (χ1) is 12.1. The van der Waals surface area contributed by atoms with Crippen LogP contribution < -0.4 is 0 Å². The Morgan fingerprint density at radius 1 is 1.12 bits per heavy atom. The molecule has 3 rings (SSSR count). The fourth-order valence-corrected chi connectivity index (χ4v) is 3.37. The molecular formula is C20H22ClN3O. The quantitative estimate of drug-likeness (QED) is 0.785. The molecule has 0 radical (unpaired) electrons. The van der Waals surface area contributed by atoms with Crippen molar-refractivity contribution in [1.82, 2.24) is 14.8 Å². The van der Waals surface area contributed by atoms with E-state index < -0.39 is 0 Å². The van der Waals surface area contributed by atoms with E-state index in [-0.39, 0.29) is 11.9 Å². The minimum absolute atomic E-state index is 0.0377. The van der Waals surface area contributed by atoms with Crippen molar-refractivity contribution < 1.29 is 4.79 Å². The molecule has 1 aromatic carbocycles. The lowest BCUT2D eigenvalue weighted by Gasteiger charge is -2.38. The van der Waals surface area contributed by atoms with Gasteiger partial charge < -0.3 is 4.90 Å². The normalized spacial score (nSPS) is 17.0. The van der Waals surface area contributed by atoms with E-state index in [0.717, 1.165) is 42.5 Å². The van der Waals surface area contributed by atoms with Crippen LogP contribution in [0.1, 0.15) is 24.2 Å². The van der Waals surface area contributed by atoms with Crippen LogP contribution in [-0.4, -0.2) is 46.9 Å². The number of amides is 1. The van der Waals surface area contributed by atoms with Gasteiger partial charge in [-0.1, -0.05) is 35.9 Å². The van der Waals surface area contributed by atoms with Gasteiger partial charge in [0, 0.05) is 49.5 Å². The van der Waals surface area contributed by atoms with Gasteiger partial charge in [-0.15, -0.1) is 0 Å². The van der Waals surface area contributed by atoms with Gasteiger partial charge in [0.25, 0.3) is 0 Å². The number of aromatic nitrogens is 1. The number of benzene rings is 1. The lowest BCUT2D eigenvalue weighted by molar-refractivity contribution is -0.127. The number of rotatable bonds is 4.